The highest BCUT2D eigenvalue weighted by molar-refractivity contribution is 5.94. The summed E-state index contributed by atoms with van der Waals surface area (Å²) < 4.78 is 0. The zero-order chi connectivity index (χ0) is 16.5. The van der Waals surface area contributed by atoms with Gasteiger partial charge in [0, 0.05) is 24.2 Å². The number of carbonyl (C=O) groups is 1. The Morgan fingerprint density at radius 2 is 2.00 bits per heavy atom. The summed E-state index contributed by atoms with van der Waals surface area (Å²) in [5, 5.41) is 9.70. The van der Waals surface area contributed by atoms with Gasteiger partial charge in [0.2, 0.25) is 0 Å². The predicted molar refractivity (Wildman–Crippen MR) is 91.0 cm³/mol. The first-order valence-corrected chi connectivity index (χ1v) is 8.52. The second-order valence-electron chi connectivity index (χ2n) is 7.57. The average molecular weight is 311 g/mol. The summed E-state index contributed by atoms with van der Waals surface area (Å²) in [7, 11) is 0. The van der Waals surface area contributed by atoms with E-state index < -0.39 is 5.60 Å². The third-order valence-corrected chi connectivity index (χ3v) is 5.01. The first kappa shape index (κ1) is 16.1. The third kappa shape index (κ3) is 3.76. The van der Waals surface area contributed by atoms with E-state index >= 15 is 0 Å². The lowest BCUT2D eigenvalue weighted by Gasteiger charge is -2.23. The molecule has 1 aliphatic carbocycles. The summed E-state index contributed by atoms with van der Waals surface area (Å²) in [5.41, 5.74) is 0.841. The Kier molecular flexibility index (Phi) is 4.21. The van der Waals surface area contributed by atoms with E-state index in [4.69, 9.17) is 0 Å². The van der Waals surface area contributed by atoms with Crippen molar-refractivity contribution < 1.29 is 9.90 Å². The minimum Gasteiger partial charge on any atom is -0.378 e. The molecule has 0 atom stereocenters. The van der Waals surface area contributed by atoms with Gasteiger partial charge in [-0.05, 0) is 56.7 Å². The smallest absolute Gasteiger partial charge is 0.253 e. The number of hydrogen-bond acceptors (Lipinski definition) is 2. The van der Waals surface area contributed by atoms with Crippen LogP contribution in [-0.2, 0) is 0 Å². The van der Waals surface area contributed by atoms with Crippen LogP contribution in [0, 0.1) is 17.3 Å². The molecule has 122 valence electrons. The van der Waals surface area contributed by atoms with Crippen molar-refractivity contribution in [3.8, 4) is 11.8 Å². The average Bonchev–Trinajstić information content (AvgIpc) is 3.15. The van der Waals surface area contributed by atoms with E-state index in [-0.39, 0.29) is 5.91 Å². The van der Waals surface area contributed by atoms with Gasteiger partial charge in [-0.2, -0.15) is 0 Å². The minimum absolute atomic E-state index is 0.112. The molecule has 23 heavy (non-hydrogen) atoms. The molecule has 1 N–H and O–H groups in total. The highest BCUT2D eigenvalue weighted by atomic mass is 16.3. The molecule has 1 aliphatic heterocycles. The van der Waals surface area contributed by atoms with Crippen LogP contribution in [0.3, 0.4) is 0 Å². The lowest BCUT2D eigenvalue weighted by atomic mass is 9.86. The number of amides is 1. The molecule has 1 spiro atoms. The molecule has 1 saturated carbocycles. The second-order valence-corrected chi connectivity index (χ2v) is 7.57. The molecular formula is C20H25NO2. The Hall–Kier alpha value is -1.79. The van der Waals surface area contributed by atoms with Crippen molar-refractivity contribution >= 4 is 5.91 Å². The van der Waals surface area contributed by atoms with Crippen LogP contribution in [0.4, 0.5) is 0 Å². The number of hydrogen-bond donors (Lipinski definition) is 1. The first-order valence-electron chi connectivity index (χ1n) is 8.52. The molecule has 1 aromatic rings. The van der Waals surface area contributed by atoms with E-state index in [1.807, 2.05) is 29.2 Å². The predicted octanol–water partition coefficient (Wildman–Crippen LogP) is 3.22. The monoisotopic (exact) mass is 311 g/mol. The number of likely N-dealkylation sites (tertiary alicyclic amines) is 1. The molecule has 3 nitrogen and oxygen atoms in total. The number of carbonyl (C=O) groups excluding carboxylic acids is 1. The fraction of sp³-hybridized carbons (Fsp3) is 0.550. The van der Waals surface area contributed by atoms with Crippen LogP contribution in [0.25, 0.3) is 0 Å². The normalized spacial score (nSPS) is 19.7. The Balaban J connectivity index is 1.74. The van der Waals surface area contributed by atoms with Gasteiger partial charge < -0.3 is 10.0 Å². The minimum atomic E-state index is -1.02. The van der Waals surface area contributed by atoms with Gasteiger partial charge >= 0.3 is 0 Å². The van der Waals surface area contributed by atoms with Gasteiger partial charge in [-0.25, -0.2) is 0 Å². The molecular weight excluding hydrogens is 286 g/mol. The lowest BCUT2D eigenvalue weighted by Crippen LogP contribution is -2.31. The summed E-state index contributed by atoms with van der Waals surface area (Å²) in [6, 6.07) is 7.43. The molecule has 3 heteroatoms. The number of aliphatic hydroxyl groups is 1. The van der Waals surface area contributed by atoms with Crippen LogP contribution in [0.5, 0.6) is 0 Å². The summed E-state index contributed by atoms with van der Waals surface area (Å²) >= 11 is 0. The van der Waals surface area contributed by atoms with Gasteiger partial charge in [0.1, 0.15) is 5.60 Å². The Bertz CT molecular complexity index is 654. The number of benzene rings is 1. The maximum atomic E-state index is 12.8. The van der Waals surface area contributed by atoms with Crippen LogP contribution < -0.4 is 0 Å². The third-order valence-electron chi connectivity index (χ3n) is 5.01. The fourth-order valence-electron chi connectivity index (χ4n) is 3.78. The van der Waals surface area contributed by atoms with Crippen LogP contribution in [-0.4, -0.2) is 34.6 Å². The van der Waals surface area contributed by atoms with Crippen molar-refractivity contribution in [1.82, 2.24) is 4.90 Å². The molecule has 0 bridgehead atoms. The van der Waals surface area contributed by atoms with Crippen molar-refractivity contribution in [2.45, 2.75) is 51.6 Å². The molecule has 2 aliphatic rings. The highest BCUT2D eigenvalue weighted by Gasteiger charge is 2.41. The van der Waals surface area contributed by atoms with Gasteiger partial charge in [0.05, 0.1) is 0 Å². The standard InChI is InChI=1S/C20H25NO2/c1-19(2,23)11-8-16-6-5-7-17(14-16)18(22)21-13-12-20(15-21)9-3-4-10-20/h5-7,14,23H,3-4,9-10,12-13,15H2,1-2H3. The lowest BCUT2D eigenvalue weighted by molar-refractivity contribution is 0.0773. The quantitative estimate of drug-likeness (QED) is 0.809. The molecule has 1 amide bonds. The topological polar surface area (TPSA) is 40.5 Å². The van der Waals surface area contributed by atoms with Crippen molar-refractivity contribution in [1.29, 1.82) is 0 Å². The molecule has 0 radical (unpaired) electrons. The van der Waals surface area contributed by atoms with Crippen molar-refractivity contribution in [2.24, 2.45) is 5.41 Å². The second kappa shape index (κ2) is 6.02. The van der Waals surface area contributed by atoms with Crippen LogP contribution in [0.15, 0.2) is 24.3 Å². The molecule has 1 heterocycles. The Morgan fingerprint density at radius 1 is 1.26 bits per heavy atom. The summed E-state index contributed by atoms with van der Waals surface area (Å²) in [6.07, 6.45) is 6.31. The molecule has 3 rings (SSSR count). The zero-order valence-corrected chi connectivity index (χ0v) is 14.1. The zero-order valence-electron chi connectivity index (χ0n) is 14.1. The van der Waals surface area contributed by atoms with E-state index in [1.165, 1.54) is 25.7 Å². The molecule has 2 fully saturated rings. The van der Waals surface area contributed by atoms with Crippen LogP contribution in [0.1, 0.15) is 61.9 Å². The van der Waals surface area contributed by atoms with Gasteiger partial charge in [-0.3, -0.25) is 4.79 Å². The molecule has 1 aromatic carbocycles. The SMILES string of the molecule is CC(C)(O)C#Cc1cccc(C(=O)N2CCC3(CCCC3)C2)c1. The van der Waals surface area contributed by atoms with Gasteiger partial charge in [-0.15, -0.1) is 0 Å². The summed E-state index contributed by atoms with van der Waals surface area (Å²) in [6.45, 7) is 5.09. The van der Waals surface area contributed by atoms with E-state index in [0.717, 1.165) is 25.1 Å². The van der Waals surface area contributed by atoms with E-state index in [9.17, 15) is 9.90 Å². The Morgan fingerprint density at radius 3 is 2.70 bits per heavy atom. The van der Waals surface area contributed by atoms with E-state index in [0.29, 0.717) is 11.0 Å². The highest BCUT2D eigenvalue weighted by Crippen LogP contribution is 2.45. The van der Waals surface area contributed by atoms with Crippen LogP contribution >= 0.6 is 0 Å². The first-order chi connectivity index (χ1) is 10.9. The van der Waals surface area contributed by atoms with E-state index in [1.54, 1.807) is 13.8 Å². The fourth-order valence-corrected chi connectivity index (χ4v) is 3.78. The molecule has 1 saturated heterocycles. The molecule has 0 aromatic heterocycles. The number of rotatable bonds is 1. The van der Waals surface area contributed by atoms with Crippen molar-refractivity contribution in [3.63, 3.8) is 0 Å². The maximum absolute atomic E-state index is 12.8. The van der Waals surface area contributed by atoms with Crippen molar-refractivity contribution in [3.05, 3.63) is 35.4 Å². The summed E-state index contributed by atoms with van der Waals surface area (Å²) in [4.78, 5) is 14.8. The summed E-state index contributed by atoms with van der Waals surface area (Å²) in [5.74, 6) is 5.85. The Labute approximate surface area is 138 Å². The molecule has 0 unspecified atom stereocenters. The van der Waals surface area contributed by atoms with Gasteiger partial charge in [0.15, 0.2) is 0 Å². The van der Waals surface area contributed by atoms with Crippen LogP contribution in [0.2, 0.25) is 0 Å². The van der Waals surface area contributed by atoms with Crippen molar-refractivity contribution in [2.75, 3.05) is 13.1 Å². The largest absolute Gasteiger partial charge is 0.378 e. The van der Waals surface area contributed by atoms with Gasteiger partial charge in [-0.1, -0.05) is 30.7 Å². The van der Waals surface area contributed by atoms with Gasteiger partial charge in [0.25, 0.3) is 5.91 Å². The number of nitrogens with zero attached hydrogens (tertiary/aromatic N) is 1. The maximum Gasteiger partial charge on any atom is 0.253 e. The van der Waals surface area contributed by atoms with E-state index in [2.05, 4.69) is 11.8 Å².